The van der Waals surface area contributed by atoms with Gasteiger partial charge < -0.3 is 4.43 Å². The summed E-state index contributed by atoms with van der Waals surface area (Å²) in [6.45, 7) is 9.76. The molecule has 0 heterocycles. The predicted molar refractivity (Wildman–Crippen MR) is 65.8 cm³/mol. The topological polar surface area (TPSA) is 9.23 Å². The molecule has 1 aromatic carbocycles. The summed E-state index contributed by atoms with van der Waals surface area (Å²) in [5.74, 6) is 0. The Bertz CT molecular complexity index is 284. The molecule has 0 aromatic heterocycles. The van der Waals surface area contributed by atoms with Crippen LogP contribution < -0.4 is 5.19 Å². The van der Waals surface area contributed by atoms with Crippen LogP contribution >= 0.6 is 0 Å². The molecule has 0 fully saturated rings. The van der Waals surface area contributed by atoms with E-state index >= 15 is 0 Å². The van der Waals surface area contributed by atoms with E-state index in [-0.39, 0.29) is 8.80 Å². The second-order valence-electron chi connectivity index (χ2n) is 3.90. The van der Waals surface area contributed by atoms with Crippen LogP contribution in [0.1, 0.15) is 5.56 Å². The van der Waals surface area contributed by atoms with Crippen LogP contribution in [0.2, 0.25) is 26.2 Å². The summed E-state index contributed by atoms with van der Waals surface area (Å²) in [6.07, 6.45) is 0. The molecule has 0 N–H and O–H groups in total. The van der Waals surface area contributed by atoms with Crippen molar-refractivity contribution in [3.8, 4) is 0 Å². The molecule has 0 saturated heterocycles. The summed E-state index contributed by atoms with van der Waals surface area (Å²) in [4.78, 5) is 0. The van der Waals surface area contributed by atoms with Crippen LogP contribution in [0.5, 0.6) is 0 Å². The normalized spacial score (nSPS) is 11.3. The van der Waals surface area contributed by atoms with E-state index in [0.29, 0.717) is 0 Å². The van der Waals surface area contributed by atoms with Crippen LogP contribution in [0, 0.1) is 0 Å². The van der Waals surface area contributed by atoms with Gasteiger partial charge in [0.1, 0.15) is 0 Å². The van der Waals surface area contributed by atoms with Gasteiger partial charge in [0, 0.05) is 0 Å². The Balaban J connectivity index is 2.64. The van der Waals surface area contributed by atoms with Crippen molar-refractivity contribution < 1.29 is 4.43 Å². The van der Waals surface area contributed by atoms with Gasteiger partial charge in [0.25, 0.3) is 0 Å². The highest BCUT2D eigenvalue weighted by atomic mass is 28.3. The van der Waals surface area contributed by atoms with Crippen molar-refractivity contribution in [1.29, 1.82) is 0 Å². The van der Waals surface area contributed by atoms with Crippen LogP contribution in [0.4, 0.5) is 0 Å². The van der Waals surface area contributed by atoms with Gasteiger partial charge in [-0.2, -0.15) is 0 Å². The molecule has 0 atom stereocenters. The Kier molecular flexibility index (Phi) is 4.58. The fraction of sp³-hybridized carbons (Fsp3) is 0.455. The van der Waals surface area contributed by atoms with Gasteiger partial charge in [-0.1, -0.05) is 42.5 Å². The molecule has 0 unspecified atom stereocenters. The van der Waals surface area contributed by atoms with E-state index in [2.05, 4.69) is 50.5 Å². The van der Waals surface area contributed by atoms with Gasteiger partial charge in [-0.15, -0.1) is 0 Å². The average molecular weight is 222 g/mol. The molecule has 14 heavy (non-hydrogen) atoms. The van der Waals surface area contributed by atoms with Gasteiger partial charge >= 0.3 is 0 Å². The fourth-order valence-electron chi connectivity index (χ4n) is 1.20. The lowest BCUT2D eigenvalue weighted by atomic mass is 10.2. The first-order valence-electron chi connectivity index (χ1n) is 4.92. The minimum Gasteiger partial charge on any atom is -0.413 e. The SMILES string of the molecule is C[Si](C)OCc1cccc([Si](C)C)c1. The zero-order valence-corrected chi connectivity index (χ0v) is 11.4. The summed E-state index contributed by atoms with van der Waals surface area (Å²) >= 11 is 0. The lowest BCUT2D eigenvalue weighted by molar-refractivity contribution is 0.314. The summed E-state index contributed by atoms with van der Waals surface area (Å²) in [5, 5.41) is 1.50. The van der Waals surface area contributed by atoms with E-state index in [1.807, 2.05) is 0 Å². The summed E-state index contributed by atoms with van der Waals surface area (Å²) < 4.78 is 5.68. The first-order valence-corrected chi connectivity index (χ1v) is 9.83. The summed E-state index contributed by atoms with van der Waals surface area (Å²) in [7, 11) is -0.876. The quantitative estimate of drug-likeness (QED) is 0.711. The Morgan fingerprint density at radius 2 is 1.86 bits per heavy atom. The zero-order chi connectivity index (χ0) is 10.6. The van der Waals surface area contributed by atoms with Crippen LogP contribution in [-0.4, -0.2) is 17.8 Å². The van der Waals surface area contributed by atoms with Gasteiger partial charge in [-0.3, -0.25) is 0 Å². The molecule has 1 rings (SSSR count). The van der Waals surface area contributed by atoms with E-state index in [4.69, 9.17) is 4.43 Å². The van der Waals surface area contributed by atoms with E-state index in [1.165, 1.54) is 10.8 Å². The lowest BCUT2D eigenvalue weighted by Gasteiger charge is -2.09. The van der Waals surface area contributed by atoms with Crippen molar-refractivity contribution in [2.75, 3.05) is 0 Å². The molecule has 1 aromatic rings. The molecular formula is C11H18OSi2. The number of hydrogen-bond donors (Lipinski definition) is 0. The molecule has 0 spiro atoms. The molecule has 1 nitrogen and oxygen atoms in total. The number of hydrogen-bond acceptors (Lipinski definition) is 1. The molecule has 0 saturated carbocycles. The van der Waals surface area contributed by atoms with Gasteiger partial charge in [0.05, 0.1) is 15.4 Å². The van der Waals surface area contributed by atoms with Crippen molar-refractivity contribution in [3.63, 3.8) is 0 Å². The van der Waals surface area contributed by atoms with Crippen molar-refractivity contribution >= 4 is 23.0 Å². The van der Waals surface area contributed by atoms with E-state index < -0.39 is 9.04 Å². The highest BCUT2D eigenvalue weighted by Gasteiger charge is 2.03. The molecular weight excluding hydrogens is 204 g/mol. The Labute approximate surface area is 90.4 Å². The number of rotatable bonds is 4. The fourth-order valence-corrected chi connectivity index (χ4v) is 2.56. The Hall–Kier alpha value is -0.386. The van der Waals surface area contributed by atoms with Crippen LogP contribution in [0.25, 0.3) is 0 Å². The maximum absolute atomic E-state index is 5.68. The minimum atomic E-state index is -0.557. The third kappa shape index (κ3) is 3.78. The molecule has 76 valence electrons. The monoisotopic (exact) mass is 222 g/mol. The highest BCUT2D eigenvalue weighted by molar-refractivity contribution is 6.70. The van der Waals surface area contributed by atoms with E-state index in [0.717, 1.165) is 6.61 Å². The van der Waals surface area contributed by atoms with Crippen molar-refractivity contribution in [2.24, 2.45) is 0 Å². The standard InChI is InChI=1S/C11H18OSi2/c1-13(2)11-7-5-6-10(8-11)9-12-14(3)4/h5-8H,9H2,1-4H3. The van der Waals surface area contributed by atoms with Crippen molar-refractivity contribution in [3.05, 3.63) is 29.8 Å². The first-order chi connectivity index (χ1) is 6.59. The van der Waals surface area contributed by atoms with E-state index in [9.17, 15) is 0 Å². The molecule has 0 bridgehead atoms. The van der Waals surface area contributed by atoms with Crippen LogP contribution in [0.3, 0.4) is 0 Å². The predicted octanol–water partition coefficient (Wildman–Crippen LogP) is 2.42. The molecule has 0 aliphatic carbocycles. The third-order valence-corrected chi connectivity index (χ3v) is 4.22. The smallest absolute Gasteiger partial charge is 0.205 e. The molecule has 0 aliphatic heterocycles. The second kappa shape index (κ2) is 5.48. The maximum Gasteiger partial charge on any atom is 0.205 e. The number of benzene rings is 1. The third-order valence-electron chi connectivity index (χ3n) is 2.03. The molecule has 3 heteroatoms. The minimum absolute atomic E-state index is 0.319. The van der Waals surface area contributed by atoms with Crippen LogP contribution in [0.15, 0.2) is 24.3 Å². The van der Waals surface area contributed by atoms with Crippen molar-refractivity contribution in [2.45, 2.75) is 32.8 Å². The van der Waals surface area contributed by atoms with Gasteiger partial charge in [0.15, 0.2) is 0 Å². The lowest BCUT2D eigenvalue weighted by Crippen LogP contribution is -2.22. The summed E-state index contributed by atoms with van der Waals surface area (Å²) in [6, 6.07) is 8.81. The Morgan fingerprint density at radius 3 is 2.43 bits per heavy atom. The molecule has 0 aliphatic rings. The maximum atomic E-state index is 5.68. The van der Waals surface area contributed by atoms with Gasteiger partial charge in [0.2, 0.25) is 9.04 Å². The average Bonchev–Trinajstić information content (AvgIpc) is 2.15. The second-order valence-corrected chi connectivity index (χ2v) is 8.58. The van der Waals surface area contributed by atoms with Crippen molar-refractivity contribution in [1.82, 2.24) is 0 Å². The largest absolute Gasteiger partial charge is 0.413 e. The van der Waals surface area contributed by atoms with Crippen LogP contribution in [-0.2, 0) is 11.0 Å². The first kappa shape index (κ1) is 11.7. The van der Waals surface area contributed by atoms with Gasteiger partial charge in [-0.25, -0.2) is 0 Å². The zero-order valence-electron chi connectivity index (χ0n) is 9.42. The van der Waals surface area contributed by atoms with E-state index in [1.54, 1.807) is 0 Å². The highest BCUT2D eigenvalue weighted by Crippen LogP contribution is 2.01. The van der Waals surface area contributed by atoms with Gasteiger partial charge in [-0.05, 0) is 18.7 Å². The molecule has 0 amide bonds. The Morgan fingerprint density at radius 1 is 1.14 bits per heavy atom. The molecule has 2 radical (unpaired) electrons. The summed E-state index contributed by atoms with van der Waals surface area (Å²) in [5.41, 5.74) is 1.32.